The smallest absolute Gasteiger partial charge is 0.153 e. The number of nitrogens with one attached hydrogen (secondary N) is 2. The van der Waals surface area contributed by atoms with Crippen molar-refractivity contribution in [2.45, 2.75) is 37.9 Å². The van der Waals surface area contributed by atoms with Crippen molar-refractivity contribution in [1.82, 2.24) is 20.5 Å². The molecule has 0 atom stereocenters. The molecule has 5 heteroatoms. The van der Waals surface area contributed by atoms with Crippen molar-refractivity contribution in [3.05, 3.63) is 11.6 Å². The molecule has 2 heterocycles. The minimum absolute atomic E-state index is 0.00741. The van der Waals surface area contributed by atoms with Crippen LogP contribution < -0.4 is 5.32 Å². The van der Waals surface area contributed by atoms with Crippen molar-refractivity contribution >= 4 is 0 Å². The molecule has 1 saturated heterocycles. The summed E-state index contributed by atoms with van der Waals surface area (Å²) >= 11 is 0. The molecule has 1 aliphatic heterocycles. The molecule has 0 radical (unpaired) electrons. The van der Waals surface area contributed by atoms with E-state index in [2.05, 4.69) is 27.4 Å². The van der Waals surface area contributed by atoms with E-state index in [0.717, 1.165) is 24.7 Å². The van der Waals surface area contributed by atoms with Crippen LogP contribution in [0.25, 0.3) is 0 Å². The van der Waals surface area contributed by atoms with Gasteiger partial charge in [0.05, 0.1) is 5.60 Å². The molecular formula is C10H16N4O. The molecule has 82 valence electrons. The van der Waals surface area contributed by atoms with Crippen LogP contribution in [0, 0.1) is 0 Å². The van der Waals surface area contributed by atoms with Crippen molar-refractivity contribution in [3.63, 3.8) is 0 Å². The highest BCUT2D eigenvalue weighted by Crippen LogP contribution is 2.37. The first kappa shape index (κ1) is 9.30. The normalized spacial score (nSPS) is 23.8. The summed E-state index contributed by atoms with van der Waals surface area (Å²) in [5.41, 5.74) is -0.00741. The lowest BCUT2D eigenvalue weighted by atomic mass is 10.0. The summed E-state index contributed by atoms with van der Waals surface area (Å²) < 4.78 is 5.77. The van der Waals surface area contributed by atoms with E-state index in [-0.39, 0.29) is 5.60 Å². The first-order valence-electron chi connectivity index (χ1n) is 5.51. The standard InChI is InChI=1S/C10H16N4O/c1-10(5-11-6-10)15-4-8-12-9(14-13-8)7-2-3-7/h7,11H,2-6H2,1H3,(H,12,13,14). The molecule has 1 aliphatic carbocycles. The zero-order valence-electron chi connectivity index (χ0n) is 8.92. The average Bonchev–Trinajstić information content (AvgIpc) is 2.93. The Kier molecular flexibility index (Phi) is 2.03. The Morgan fingerprint density at radius 3 is 2.87 bits per heavy atom. The summed E-state index contributed by atoms with van der Waals surface area (Å²) in [6, 6.07) is 0. The van der Waals surface area contributed by atoms with Gasteiger partial charge in [-0.05, 0) is 19.8 Å². The molecule has 1 aromatic heterocycles. The van der Waals surface area contributed by atoms with Crippen molar-refractivity contribution in [2.75, 3.05) is 13.1 Å². The predicted octanol–water partition coefficient (Wildman–Crippen LogP) is 0.561. The quantitative estimate of drug-likeness (QED) is 0.759. The van der Waals surface area contributed by atoms with Crippen LogP contribution in [0.4, 0.5) is 0 Å². The van der Waals surface area contributed by atoms with Gasteiger partial charge in [0.25, 0.3) is 0 Å². The average molecular weight is 208 g/mol. The molecule has 0 amide bonds. The number of rotatable bonds is 4. The Bertz CT molecular complexity index is 354. The molecule has 5 nitrogen and oxygen atoms in total. The number of hydrogen-bond donors (Lipinski definition) is 2. The molecule has 0 unspecified atom stereocenters. The largest absolute Gasteiger partial charge is 0.365 e. The summed E-state index contributed by atoms with van der Waals surface area (Å²) in [5.74, 6) is 2.42. The second-order valence-corrected chi connectivity index (χ2v) is 4.76. The monoisotopic (exact) mass is 208 g/mol. The molecule has 15 heavy (non-hydrogen) atoms. The van der Waals surface area contributed by atoms with Crippen molar-refractivity contribution in [3.8, 4) is 0 Å². The third-order valence-electron chi connectivity index (χ3n) is 3.05. The van der Waals surface area contributed by atoms with E-state index in [4.69, 9.17) is 4.74 Å². The molecule has 2 fully saturated rings. The van der Waals surface area contributed by atoms with E-state index in [0.29, 0.717) is 12.5 Å². The highest BCUT2D eigenvalue weighted by atomic mass is 16.5. The van der Waals surface area contributed by atoms with E-state index in [1.165, 1.54) is 12.8 Å². The third kappa shape index (κ3) is 1.89. The van der Waals surface area contributed by atoms with E-state index in [1.54, 1.807) is 0 Å². The van der Waals surface area contributed by atoms with Crippen LogP contribution in [0.15, 0.2) is 0 Å². The van der Waals surface area contributed by atoms with Gasteiger partial charge in [-0.25, -0.2) is 4.98 Å². The Balaban J connectivity index is 1.56. The first-order chi connectivity index (χ1) is 7.25. The van der Waals surface area contributed by atoms with E-state index in [1.807, 2.05) is 0 Å². The fraction of sp³-hybridized carbons (Fsp3) is 0.800. The fourth-order valence-electron chi connectivity index (χ4n) is 1.72. The van der Waals surface area contributed by atoms with Gasteiger partial charge in [0.15, 0.2) is 11.6 Å². The van der Waals surface area contributed by atoms with Crippen LogP contribution in [-0.2, 0) is 11.3 Å². The van der Waals surface area contributed by atoms with Crippen molar-refractivity contribution < 1.29 is 4.74 Å². The van der Waals surface area contributed by atoms with Crippen molar-refractivity contribution in [2.24, 2.45) is 0 Å². The van der Waals surface area contributed by atoms with Crippen LogP contribution >= 0.6 is 0 Å². The van der Waals surface area contributed by atoms with Gasteiger partial charge in [0.2, 0.25) is 0 Å². The summed E-state index contributed by atoms with van der Waals surface area (Å²) in [6.45, 7) is 4.51. The zero-order valence-corrected chi connectivity index (χ0v) is 8.92. The van der Waals surface area contributed by atoms with E-state index >= 15 is 0 Å². The maximum absolute atomic E-state index is 5.77. The number of H-pyrrole nitrogens is 1. The molecule has 0 spiro atoms. The molecule has 1 aromatic rings. The Morgan fingerprint density at radius 1 is 1.47 bits per heavy atom. The molecular weight excluding hydrogens is 192 g/mol. The third-order valence-corrected chi connectivity index (χ3v) is 3.05. The second kappa shape index (κ2) is 3.28. The zero-order chi connectivity index (χ0) is 10.3. The Labute approximate surface area is 88.6 Å². The summed E-state index contributed by atoms with van der Waals surface area (Å²) in [7, 11) is 0. The van der Waals surface area contributed by atoms with Gasteiger partial charge in [-0.2, -0.15) is 5.10 Å². The van der Waals surface area contributed by atoms with E-state index < -0.39 is 0 Å². The van der Waals surface area contributed by atoms with Crippen LogP contribution in [0.3, 0.4) is 0 Å². The minimum atomic E-state index is -0.00741. The summed E-state index contributed by atoms with van der Waals surface area (Å²) in [6.07, 6.45) is 2.47. The highest BCUT2D eigenvalue weighted by molar-refractivity contribution is 5.04. The summed E-state index contributed by atoms with van der Waals surface area (Å²) in [5, 5.41) is 10.3. The number of ether oxygens (including phenoxy) is 1. The number of nitrogens with zero attached hydrogens (tertiary/aromatic N) is 2. The van der Waals surface area contributed by atoms with Crippen LogP contribution in [0.1, 0.15) is 37.3 Å². The molecule has 2 N–H and O–H groups in total. The lowest BCUT2D eigenvalue weighted by molar-refractivity contribution is -0.0789. The van der Waals surface area contributed by atoms with Gasteiger partial charge in [-0.15, -0.1) is 0 Å². The van der Waals surface area contributed by atoms with Crippen molar-refractivity contribution in [1.29, 1.82) is 0 Å². The Hall–Kier alpha value is -0.940. The number of aromatic amines is 1. The van der Waals surface area contributed by atoms with Gasteiger partial charge < -0.3 is 10.1 Å². The Morgan fingerprint density at radius 2 is 2.27 bits per heavy atom. The fourth-order valence-corrected chi connectivity index (χ4v) is 1.72. The van der Waals surface area contributed by atoms with Crippen LogP contribution in [-0.4, -0.2) is 33.9 Å². The first-order valence-corrected chi connectivity index (χ1v) is 5.51. The molecule has 2 aliphatic rings. The molecule has 1 saturated carbocycles. The van der Waals surface area contributed by atoms with Gasteiger partial charge in [-0.3, -0.25) is 5.10 Å². The number of hydrogen-bond acceptors (Lipinski definition) is 4. The highest BCUT2D eigenvalue weighted by Gasteiger charge is 2.33. The maximum Gasteiger partial charge on any atom is 0.153 e. The van der Waals surface area contributed by atoms with Gasteiger partial charge in [0, 0.05) is 19.0 Å². The van der Waals surface area contributed by atoms with E-state index in [9.17, 15) is 0 Å². The van der Waals surface area contributed by atoms with Gasteiger partial charge >= 0.3 is 0 Å². The summed E-state index contributed by atoms with van der Waals surface area (Å²) in [4.78, 5) is 4.42. The lowest BCUT2D eigenvalue weighted by Gasteiger charge is -2.38. The predicted molar refractivity (Wildman–Crippen MR) is 54.4 cm³/mol. The molecule has 3 rings (SSSR count). The van der Waals surface area contributed by atoms with Crippen LogP contribution in [0.5, 0.6) is 0 Å². The SMILES string of the molecule is CC1(OCc2nc(C3CC3)n[nH]2)CNC1. The topological polar surface area (TPSA) is 62.8 Å². The number of aromatic nitrogens is 3. The second-order valence-electron chi connectivity index (χ2n) is 4.76. The van der Waals surface area contributed by atoms with Crippen LogP contribution in [0.2, 0.25) is 0 Å². The maximum atomic E-state index is 5.77. The lowest BCUT2D eigenvalue weighted by Crippen LogP contribution is -2.58. The molecule has 0 bridgehead atoms. The minimum Gasteiger partial charge on any atom is -0.365 e. The molecule has 0 aromatic carbocycles. The van der Waals surface area contributed by atoms with Gasteiger partial charge in [-0.1, -0.05) is 0 Å². The van der Waals surface area contributed by atoms with Gasteiger partial charge in [0.1, 0.15) is 6.61 Å².